The molecule has 1 aromatic carbocycles. The lowest BCUT2D eigenvalue weighted by Crippen LogP contribution is -2.44. The minimum Gasteiger partial charge on any atom is -0.334 e. The molecule has 2 bridgehead atoms. The van der Waals surface area contributed by atoms with Crippen molar-refractivity contribution in [2.45, 2.75) is 24.6 Å². The van der Waals surface area contributed by atoms with Crippen LogP contribution in [0.25, 0.3) is 6.08 Å². The second kappa shape index (κ2) is 4.74. The van der Waals surface area contributed by atoms with Crippen molar-refractivity contribution in [2.24, 2.45) is 0 Å². The summed E-state index contributed by atoms with van der Waals surface area (Å²) < 4.78 is 23.4. The molecule has 0 spiro atoms. The monoisotopic (exact) mass is 291 g/mol. The van der Waals surface area contributed by atoms with Gasteiger partial charge in [-0.1, -0.05) is 30.3 Å². The average Bonchev–Trinajstić information content (AvgIpc) is 2.94. The van der Waals surface area contributed by atoms with Gasteiger partial charge in [-0.05, 0) is 25.0 Å². The first-order chi connectivity index (χ1) is 9.47. The maximum absolute atomic E-state index is 12.4. The molecular weight excluding hydrogens is 274 g/mol. The quantitative estimate of drug-likeness (QED) is 0.776. The number of likely N-dealkylation sites (tertiary alicyclic amines) is 1. The number of rotatable bonds is 2. The van der Waals surface area contributed by atoms with E-state index in [4.69, 9.17) is 0 Å². The number of hydrogen-bond acceptors (Lipinski definition) is 3. The van der Waals surface area contributed by atoms with Crippen molar-refractivity contribution in [1.29, 1.82) is 0 Å². The van der Waals surface area contributed by atoms with E-state index in [1.54, 1.807) is 11.8 Å². The molecule has 2 saturated heterocycles. The normalized spacial score (nSPS) is 27.9. The summed E-state index contributed by atoms with van der Waals surface area (Å²) in [6.45, 7) is 2.14. The Bertz CT molecular complexity index is 664. The number of fused-ring (bicyclic) bond motifs is 2. The molecule has 0 aliphatic carbocycles. The van der Waals surface area contributed by atoms with Crippen molar-refractivity contribution in [1.82, 2.24) is 4.90 Å². The molecule has 0 radical (unpaired) electrons. The van der Waals surface area contributed by atoms with Crippen molar-refractivity contribution < 1.29 is 13.2 Å². The lowest BCUT2D eigenvalue weighted by Gasteiger charge is -2.27. The first-order valence-electron chi connectivity index (χ1n) is 6.73. The molecule has 5 heteroatoms. The predicted molar refractivity (Wildman–Crippen MR) is 77.8 cm³/mol. The maximum Gasteiger partial charge on any atom is 0.249 e. The Kier molecular flexibility index (Phi) is 3.17. The summed E-state index contributed by atoms with van der Waals surface area (Å²) in [7, 11) is -2.95. The number of carbonyl (C=O) groups is 1. The van der Waals surface area contributed by atoms with E-state index in [1.807, 2.05) is 36.4 Å². The topological polar surface area (TPSA) is 54.5 Å². The van der Waals surface area contributed by atoms with Crippen LogP contribution in [0.2, 0.25) is 0 Å². The van der Waals surface area contributed by atoms with Gasteiger partial charge in [0.1, 0.15) is 0 Å². The van der Waals surface area contributed by atoms with Crippen LogP contribution in [0.15, 0.2) is 35.9 Å². The van der Waals surface area contributed by atoms with E-state index in [9.17, 15) is 13.2 Å². The molecule has 4 nitrogen and oxygen atoms in total. The van der Waals surface area contributed by atoms with Gasteiger partial charge in [0.25, 0.3) is 0 Å². The summed E-state index contributed by atoms with van der Waals surface area (Å²) in [6, 6.07) is 9.53. The summed E-state index contributed by atoms with van der Waals surface area (Å²) >= 11 is 0. The lowest BCUT2D eigenvalue weighted by molar-refractivity contribution is -0.127. The van der Waals surface area contributed by atoms with Crippen LogP contribution in [-0.2, 0) is 14.6 Å². The highest BCUT2D eigenvalue weighted by atomic mass is 32.2. The van der Waals surface area contributed by atoms with E-state index < -0.39 is 9.84 Å². The smallest absolute Gasteiger partial charge is 0.249 e. The highest BCUT2D eigenvalue weighted by Gasteiger charge is 2.49. The number of nitrogens with zero attached hydrogens (tertiary/aromatic N) is 1. The molecule has 106 valence electrons. The van der Waals surface area contributed by atoms with Gasteiger partial charge in [0.2, 0.25) is 5.91 Å². The molecule has 3 rings (SSSR count). The van der Waals surface area contributed by atoms with Crippen LogP contribution in [0, 0.1) is 0 Å². The molecule has 2 atom stereocenters. The van der Waals surface area contributed by atoms with Crippen molar-refractivity contribution in [2.75, 3.05) is 12.3 Å². The lowest BCUT2D eigenvalue weighted by atomic mass is 10.1. The van der Waals surface area contributed by atoms with Gasteiger partial charge in [0.15, 0.2) is 9.84 Å². The highest BCUT2D eigenvalue weighted by Crippen LogP contribution is 2.33. The Balaban J connectivity index is 1.77. The number of sulfone groups is 1. The van der Waals surface area contributed by atoms with Crippen LogP contribution in [0.3, 0.4) is 0 Å². The second-order valence-electron chi connectivity index (χ2n) is 5.54. The minimum atomic E-state index is -2.95. The molecule has 2 fully saturated rings. The van der Waals surface area contributed by atoms with Crippen LogP contribution in [0.1, 0.15) is 18.9 Å². The number of carbonyl (C=O) groups excluding carboxylic acids is 1. The van der Waals surface area contributed by atoms with Crippen molar-refractivity contribution in [3.63, 3.8) is 0 Å². The molecule has 0 N–H and O–H groups in total. The molecule has 2 aliphatic heterocycles. The third-order valence-corrected chi connectivity index (χ3v) is 6.30. The molecule has 1 aromatic rings. The van der Waals surface area contributed by atoms with Crippen molar-refractivity contribution in [3.05, 3.63) is 41.5 Å². The van der Waals surface area contributed by atoms with Crippen LogP contribution in [0.5, 0.6) is 0 Å². The Morgan fingerprint density at radius 1 is 1.30 bits per heavy atom. The third kappa shape index (κ3) is 2.26. The van der Waals surface area contributed by atoms with Gasteiger partial charge in [-0.25, -0.2) is 8.42 Å². The second-order valence-corrected chi connectivity index (χ2v) is 7.86. The van der Waals surface area contributed by atoms with Gasteiger partial charge >= 0.3 is 0 Å². The van der Waals surface area contributed by atoms with Gasteiger partial charge in [0.05, 0.1) is 11.0 Å². The zero-order chi connectivity index (χ0) is 14.3. The van der Waals surface area contributed by atoms with Gasteiger partial charge in [-0.2, -0.15) is 0 Å². The standard InChI is InChI=1S/C15H17NO3S/c1-11(7-12-5-3-2-4-6-12)15(17)16-9-14-8-13(16)10-20(14,18)19/h2-7,13-14H,8-10H2,1H3. The molecule has 2 unspecified atom stereocenters. The van der Waals surface area contributed by atoms with Crippen molar-refractivity contribution in [3.8, 4) is 0 Å². The summed E-state index contributed by atoms with van der Waals surface area (Å²) in [4.78, 5) is 14.1. The van der Waals surface area contributed by atoms with Gasteiger partial charge in [0, 0.05) is 18.2 Å². The molecule has 20 heavy (non-hydrogen) atoms. The zero-order valence-corrected chi connectivity index (χ0v) is 12.1. The Hall–Kier alpha value is -1.62. The van der Waals surface area contributed by atoms with E-state index in [1.165, 1.54) is 0 Å². The highest BCUT2D eigenvalue weighted by molar-refractivity contribution is 7.92. The SMILES string of the molecule is CC(=Cc1ccccc1)C(=O)N1CC2CC1CS2(=O)=O. The molecule has 1 amide bonds. The van der Waals surface area contributed by atoms with Gasteiger partial charge < -0.3 is 4.90 Å². The zero-order valence-electron chi connectivity index (χ0n) is 11.3. The minimum absolute atomic E-state index is 0.0451. The predicted octanol–water partition coefficient (Wildman–Crippen LogP) is 1.49. The van der Waals surface area contributed by atoms with Crippen molar-refractivity contribution >= 4 is 21.8 Å². The molecule has 2 aliphatic rings. The van der Waals surface area contributed by atoms with E-state index in [-0.39, 0.29) is 23.0 Å². The van der Waals surface area contributed by atoms with E-state index >= 15 is 0 Å². The van der Waals surface area contributed by atoms with E-state index in [2.05, 4.69) is 0 Å². The fourth-order valence-corrected chi connectivity index (χ4v) is 5.06. The van der Waals surface area contributed by atoms with Crippen LogP contribution in [0.4, 0.5) is 0 Å². The van der Waals surface area contributed by atoms with E-state index in [0.29, 0.717) is 18.5 Å². The first-order valence-corrected chi connectivity index (χ1v) is 8.45. The molecule has 0 aromatic heterocycles. The fraction of sp³-hybridized carbons (Fsp3) is 0.400. The molecule has 2 heterocycles. The van der Waals surface area contributed by atoms with Crippen LogP contribution >= 0.6 is 0 Å². The number of benzene rings is 1. The summed E-state index contributed by atoms with van der Waals surface area (Å²) in [6.07, 6.45) is 2.45. The Morgan fingerprint density at radius 2 is 2.00 bits per heavy atom. The summed E-state index contributed by atoms with van der Waals surface area (Å²) in [5.74, 6) is 0.0819. The fourth-order valence-electron chi connectivity index (χ4n) is 3.03. The van der Waals surface area contributed by atoms with E-state index in [0.717, 1.165) is 5.56 Å². The molecule has 0 saturated carbocycles. The van der Waals surface area contributed by atoms with Gasteiger partial charge in [-0.15, -0.1) is 0 Å². The third-order valence-electron chi connectivity index (χ3n) is 4.09. The first kappa shape index (κ1) is 13.4. The Morgan fingerprint density at radius 3 is 2.55 bits per heavy atom. The number of hydrogen-bond donors (Lipinski definition) is 0. The maximum atomic E-state index is 12.4. The van der Waals surface area contributed by atoms with Crippen LogP contribution in [-0.4, -0.2) is 42.8 Å². The molecular formula is C15H17NO3S. The summed E-state index contributed by atoms with van der Waals surface area (Å²) in [5, 5.41) is -0.346. The summed E-state index contributed by atoms with van der Waals surface area (Å²) in [5.41, 5.74) is 1.64. The largest absolute Gasteiger partial charge is 0.334 e. The number of amides is 1. The Labute approximate surface area is 119 Å². The van der Waals surface area contributed by atoms with Gasteiger partial charge in [-0.3, -0.25) is 4.79 Å². The average molecular weight is 291 g/mol. The van der Waals surface area contributed by atoms with Crippen LogP contribution < -0.4 is 0 Å².